The molecule has 0 unspecified atom stereocenters. The van der Waals surface area contributed by atoms with E-state index in [4.69, 9.17) is 16.3 Å². The van der Waals surface area contributed by atoms with Gasteiger partial charge in [0.25, 0.3) is 0 Å². The van der Waals surface area contributed by atoms with Crippen molar-refractivity contribution < 1.29 is 19.1 Å². The van der Waals surface area contributed by atoms with Crippen LogP contribution in [0.4, 0.5) is 10.5 Å². The van der Waals surface area contributed by atoms with Gasteiger partial charge in [-0.3, -0.25) is 9.69 Å². The lowest BCUT2D eigenvalue weighted by atomic mass is 9.94. The van der Waals surface area contributed by atoms with Gasteiger partial charge >= 0.3 is 12.0 Å². The molecule has 0 aliphatic carbocycles. The molecule has 2 heterocycles. The third kappa shape index (κ3) is 4.01. The van der Waals surface area contributed by atoms with E-state index in [0.717, 1.165) is 23.1 Å². The third-order valence-corrected chi connectivity index (χ3v) is 5.97. The second kappa shape index (κ2) is 8.43. The number of aryl methyl sites for hydroxylation is 1. The molecule has 31 heavy (non-hydrogen) atoms. The monoisotopic (exact) mass is 439 g/mol. The minimum Gasteiger partial charge on any atom is -0.456 e. The lowest BCUT2D eigenvalue weighted by Gasteiger charge is -2.32. The van der Waals surface area contributed by atoms with Gasteiger partial charge < -0.3 is 15.4 Å². The summed E-state index contributed by atoms with van der Waals surface area (Å²) in [5.74, 6) is -0.895. The number of nitrogens with zero attached hydrogens (tertiary/aromatic N) is 1. The molecular formula is C23H22ClN3O4. The smallest absolute Gasteiger partial charge is 0.338 e. The van der Waals surface area contributed by atoms with Crippen molar-refractivity contribution in [3.05, 3.63) is 75.4 Å². The molecule has 2 aromatic rings. The number of carbonyl (C=O) groups is 3. The van der Waals surface area contributed by atoms with E-state index in [-0.39, 0.29) is 13.2 Å². The minimum atomic E-state index is -0.613. The first kappa shape index (κ1) is 20.9. The van der Waals surface area contributed by atoms with Crippen LogP contribution in [0.1, 0.15) is 29.7 Å². The summed E-state index contributed by atoms with van der Waals surface area (Å²) in [7, 11) is 0. The summed E-state index contributed by atoms with van der Waals surface area (Å²) in [6, 6.07) is 11.8. The van der Waals surface area contributed by atoms with E-state index in [1.807, 2.05) is 24.3 Å². The number of rotatable bonds is 5. The normalized spacial score (nSPS) is 17.9. The number of amides is 3. The molecule has 0 saturated carbocycles. The first-order valence-corrected chi connectivity index (χ1v) is 10.4. The van der Waals surface area contributed by atoms with Crippen LogP contribution in [0.25, 0.3) is 0 Å². The van der Waals surface area contributed by atoms with Crippen molar-refractivity contribution in [2.75, 3.05) is 18.5 Å². The fraction of sp³-hybridized carbons (Fsp3) is 0.261. The van der Waals surface area contributed by atoms with Gasteiger partial charge in [-0.05, 0) is 42.2 Å². The van der Waals surface area contributed by atoms with Crippen molar-refractivity contribution in [3.8, 4) is 0 Å². The minimum absolute atomic E-state index is 0.0470. The Morgan fingerprint density at radius 1 is 1.23 bits per heavy atom. The molecule has 0 aromatic heterocycles. The Kier molecular flexibility index (Phi) is 5.69. The number of anilines is 1. The Labute approximate surface area is 185 Å². The number of hydrogen-bond acceptors (Lipinski definition) is 4. The van der Waals surface area contributed by atoms with Crippen LogP contribution >= 0.6 is 11.6 Å². The van der Waals surface area contributed by atoms with Gasteiger partial charge in [0.2, 0.25) is 5.91 Å². The SMILES string of the molecule is CCc1ccc([C@@H]2NC(=O)N(CC(=O)Nc3cccc(Cl)c3C)C3=C2C(=O)OC3)cc1. The first-order chi connectivity index (χ1) is 14.9. The summed E-state index contributed by atoms with van der Waals surface area (Å²) in [5.41, 5.74) is 4.01. The first-order valence-electron chi connectivity index (χ1n) is 10.0. The highest BCUT2D eigenvalue weighted by molar-refractivity contribution is 6.31. The Hall–Kier alpha value is -3.32. The maximum absolute atomic E-state index is 12.9. The van der Waals surface area contributed by atoms with Gasteiger partial charge in [0.05, 0.1) is 17.3 Å². The van der Waals surface area contributed by atoms with Gasteiger partial charge in [0, 0.05) is 10.7 Å². The van der Waals surface area contributed by atoms with Crippen molar-refractivity contribution in [3.63, 3.8) is 0 Å². The average Bonchev–Trinajstić information content (AvgIpc) is 3.15. The summed E-state index contributed by atoms with van der Waals surface area (Å²) in [6.07, 6.45) is 0.891. The van der Waals surface area contributed by atoms with E-state index in [2.05, 4.69) is 17.6 Å². The Morgan fingerprint density at radius 3 is 2.68 bits per heavy atom. The second-order valence-electron chi connectivity index (χ2n) is 7.46. The number of esters is 1. The largest absolute Gasteiger partial charge is 0.456 e. The van der Waals surface area contributed by atoms with Crippen LogP contribution in [0.5, 0.6) is 0 Å². The molecular weight excluding hydrogens is 418 g/mol. The average molecular weight is 440 g/mol. The van der Waals surface area contributed by atoms with Crippen LogP contribution in [0, 0.1) is 6.92 Å². The maximum Gasteiger partial charge on any atom is 0.338 e. The van der Waals surface area contributed by atoms with Crippen molar-refractivity contribution in [1.29, 1.82) is 0 Å². The molecule has 3 amide bonds. The van der Waals surface area contributed by atoms with E-state index < -0.39 is 23.9 Å². The predicted molar refractivity (Wildman–Crippen MR) is 117 cm³/mol. The summed E-state index contributed by atoms with van der Waals surface area (Å²) >= 11 is 6.11. The quantitative estimate of drug-likeness (QED) is 0.695. The molecule has 2 aliphatic rings. The second-order valence-corrected chi connectivity index (χ2v) is 7.87. The summed E-state index contributed by atoms with van der Waals surface area (Å²) < 4.78 is 5.21. The van der Waals surface area contributed by atoms with Crippen LogP contribution in [-0.4, -0.2) is 36.0 Å². The van der Waals surface area contributed by atoms with Crippen LogP contribution < -0.4 is 10.6 Å². The van der Waals surface area contributed by atoms with E-state index in [0.29, 0.717) is 22.0 Å². The summed E-state index contributed by atoms with van der Waals surface area (Å²) in [4.78, 5) is 39.2. The number of halogens is 1. The van der Waals surface area contributed by atoms with Crippen molar-refractivity contribution >= 4 is 35.2 Å². The topological polar surface area (TPSA) is 87.7 Å². The van der Waals surface area contributed by atoms with Crippen LogP contribution in [-0.2, 0) is 20.7 Å². The van der Waals surface area contributed by atoms with Gasteiger partial charge in [0.15, 0.2) is 0 Å². The van der Waals surface area contributed by atoms with Crippen molar-refractivity contribution in [2.24, 2.45) is 0 Å². The molecule has 0 spiro atoms. The number of carbonyl (C=O) groups excluding carboxylic acids is 3. The lowest BCUT2D eigenvalue weighted by molar-refractivity contribution is -0.136. The van der Waals surface area contributed by atoms with E-state index in [1.165, 1.54) is 4.90 Å². The molecule has 160 valence electrons. The summed E-state index contributed by atoms with van der Waals surface area (Å²) in [6.45, 7) is 3.55. The fourth-order valence-electron chi connectivity index (χ4n) is 3.75. The van der Waals surface area contributed by atoms with Gasteiger partial charge in [-0.15, -0.1) is 0 Å². The molecule has 0 bridgehead atoms. The fourth-order valence-corrected chi connectivity index (χ4v) is 3.92. The molecule has 0 fully saturated rings. The highest BCUT2D eigenvalue weighted by Gasteiger charge is 2.42. The lowest BCUT2D eigenvalue weighted by Crippen LogP contribution is -2.49. The zero-order valence-electron chi connectivity index (χ0n) is 17.2. The van der Waals surface area contributed by atoms with Crippen LogP contribution in [0.2, 0.25) is 5.02 Å². The maximum atomic E-state index is 12.9. The Balaban J connectivity index is 1.59. The van der Waals surface area contributed by atoms with Gasteiger partial charge in [-0.2, -0.15) is 0 Å². The van der Waals surface area contributed by atoms with Gasteiger partial charge in [-0.25, -0.2) is 9.59 Å². The number of urea groups is 1. The molecule has 7 nitrogen and oxygen atoms in total. The highest BCUT2D eigenvalue weighted by atomic mass is 35.5. The Morgan fingerprint density at radius 2 is 1.97 bits per heavy atom. The number of hydrogen-bond donors (Lipinski definition) is 2. The van der Waals surface area contributed by atoms with Crippen LogP contribution in [0.3, 0.4) is 0 Å². The number of benzene rings is 2. The van der Waals surface area contributed by atoms with Crippen LogP contribution in [0.15, 0.2) is 53.7 Å². The number of cyclic esters (lactones) is 1. The van der Waals surface area contributed by atoms with Crippen molar-refractivity contribution in [2.45, 2.75) is 26.3 Å². The number of ether oxygens (including phenoxy) is 1. The predicted octanol–water partition coefficient (Wildman–Crippen LogP) is 3.73. The van der Waals surface area contributed by atoms with Gasteiger partial charge in [-0.1, -0.05) is 48.9 Å². The zero-order chi connectivity index (χ0) is 22.1. The Bertz CT molecular complexity index is 1090. The van der Waals surface area contributed by atoms with Gasteiger partial charge in [0.1, 0.15) is 13.2 Å². The van der Waals surface area contributed by atoms with E-state index >= 15 is 0 Å². The standard InChI is InChI=1S/C23H22ClN3O4/c1-3-14-7-9-15(10-8-14)21-20-18(12-31-22(20)29)27(23(30)26-21)11-19(28)25-17-6-4-5-16(24)13(17)2/h4-10,21H,3,11-12H2,1-2H3,(H,25,28)(H,26,30)/t21-/m0/s1. The molecule has 2 aliphatic heterocycles. The molecule has 2 aromatic carbocycles. The van der Waals surface area contributed by atoms with Crippen molar-refractivity contribution in [1.82, 2.24) is 10.2 Å². The molecule has 0 saturated heterocycles. The third-order valence-electron chi connectivity index (χ3n) is 5.56. The molecule has 1 atom stereocenters. The van der Waals surface area contributed by atoms with E-state index in [9.17, 15) is 14.4 Å². The zero-order valence-corrected chi connectivity index (χ0v) is 18.0. The molecule has 8 heteroatoms. The number of nitrogens with one attached hydrogen (secondary N) is 2. The molecule has 2 N–H and O–H groups in total. The molecule has 4 rings (SSSR count). The van der Waals surface area contributed by atoms with E-state index in [1.54, 1.807) is 25.1 Å². The molecule has 0 radical (unpaired) electrons. The summed E-state index contributed by atoms with van der Waals surface area (Å²) in [5, 5.41) is 6.14. The highest BCUT2D eigenvalue weighted by Crippen LogP contribution is 2.35.